The highest BCUT2D eigenvalue weighted by Gasteiger charge is 2.14. The van der Waals surface area contributed by atoms with Crippen LogP contribution in [-0.4, -0.2) is 16.8 Å². The van der Waals surface area contributed by atoms with E-state index < -0.39 is 0 Å². The number of carbonyl (C=O) groups is 2. The number of nitrogens with one attached hydrogen (secondary N) is 2. The summed E-state index contributed by atoms with van der Waals surface area (Å²) in [4.78, 5) is 29.4. The lowest BCUT2D eigenvalue weighted by molar-refractivity contribution is 0.102. The van der Waals surface area contributed by atoms with Crippen LogP contribution in [0.2, 0.25) is 0 Å². The van der Waals surface area contributed by atoms with E-state index in [1.165, 1.54) is 12.3 Å². The minimum absolute atomic E-state index is 0.189. The third kappa shape index (κ3) is 4.26. The minimum Gasteiger partial charge on any atom is -0.322 e. The molecule has 5 nitrogen and oxygen atoms in total. The van der Waals surface area contributed by atoms with Gasteiger partial charge in [-0.25, -0.2) is 0 Å². The molecule has 0 atom stereocenters. The van der Waals surface area contributed by atoms with Gasteiger partial charge in [-0.3, -0.25) is 14.6 Å². The number of hydrogen-bond donors (Lipinski definition) is 2. The van der Waals surface area contributed by atoms with Crippen LogP contribution in [-0.2, 0) is 0 Å². The Bertz CT molecular complexity index is 1040. The summed E-state index contributed by atoms with van der Waals surface area (Å²) in [5.74, 6) is -0.631. The van der Waals surface area contributed by atoms with Crippen LogP contribution in [0.1, 0.15) is 43.1 Å². The Balaban J connectivity index is 1.79. The number of carbonyl (C=O) groups excluding carboxylic acids is 2. The molecule has 0 saturated carbocycles. The van der Waals surface area contributed by atoms with Gasteiger partial charge in [-0.2, -0.15) is 0 Å². The van der Waals surface area contributed by atoms with Crippen molar-refractivity contribution in [1.29, 1.82) is 0 Å². The second-order valence-electron chi connectivity index (χ2n) is 6.92. The molecule has 0 unspecified atom stereocenters. The number of anilines is 2. The predicted octanol–water partition coefficient (Wildman–Crippen LogP) is 4.82. The Morgan fingerprint density at radius 1 is 0.786 bits per heavy atom. The van der Waals surface area contributed by atoms with Crippen LogP contribution in [0.4, 0.5) is 11.4 Å². The highest BCUT2D eigenvalue weighted by molar-refractivity contribution is 6.08. The summed E-state index contributed by atoms with van der Waals surface area (Å²) >= 11 is 0. The molecule has 0 aliphatic carbocycles. The number of hydrogen-bond acceptors (Lipinski definition) is 3. The second kappa shape index (κ2) is 8.05. The zero-order valence-corrected chi connectivity index (χ0v) is 16.5. The van der Waals surface area contributed by atoms with E-state index in [0.717, 1.165) is 33.6 Å². The van der Waals surface area contributed by atoms with Gasteiger partial charge in [-0.05, 0) is 62.6 Å². The molecule has 28 heavy (non-hydrogen) atoms. The highest BCUT2D eigenvalue weighted by atomic mass is 16.2. The number of aryl methyl sites for hydroxylation is 4. The topological polar surface area (TPSA) is 71.1 Å². The van der Waals surface area contributed by atoms with Crippen LogP contribution in [0.3, 0.4) is 0 Å². The van der Waals surface area contributed by atoms with E-state index in [1.807, 2.05) is 64.1 Å². The standard InChI is InChI=1S/C23H23N3O2/c1-14-8-9-19(17(4)12-14)25-23(28)20-13-18(10-11-24-20)22(27)26-21-15(2)6-5-7-16(21)3/h5-13H,1-4H3,(H,25,28)(H,26,27). The van der Waals surface area contributed by atoms with E-state index in [-0.39, 0.29) is 17.5 Å². The van der Waals surface area contributed by atoms with E-state index in [9.17, 15) is 9.59 Å². The molecule has 0 aliphatic rings. The number of para-hydroxylation sites is 1. The molecular formula is C23H23N3O2. The van der Waals surface area contributed by atoms with Crippen molar-refractivity contribution in [3.8, 4) is 0 Å². The molecule has 0 aliphatic heterocycles. The summed E-state index contributed by atoms with van der Waals surface area (Å²) in [5, 5.41) is 5.78. The average molecular weight is 373 g/mol. The molecule has 142 valence electrons. The first kappa shape index (κ1) is 19.3. The molecule has 0 radical (unpaired) electrons. The van der Waals surface area contributed by atoms with Crippen molar-refractivity contribution in [2.45, 2.75) is 27.7 Å². The summed E-state index contributed by atoms with van der Waals surface area (Å²) < 4.78 is 0. The number of aromatic nitrogens is 1. The SMILES string of the molecule is Cc1ccc(NC(=O)c2cc(C(=O)Nc3c(C)cccc3C)ccn2)c(C)c1. The number of benzene rings is 2. The second-order valence-corrected chi connectivity index (χ2v) is 6.92. The van der Waals surface area contributed by atoms with Gasteiger partial charge in [0.1, 0.15) is 5.69 Å². The predicted molar refractivity (Wildman–Crippen MR) is 112 cm³/mol. The molecule has 2 aromatic carbocycles. The van der Waals surface area contributed by atoms with Crippen LogP contribution in [0.15, 0.2) is 54.7 Å². The number of pyridine rings is 1. The monoisotopic (exact) mass is 373 g/mol. The van der Waals surface area contributed by atoms with Crippen molar-refractivity contribution in [2.24, 2.45) is 0 Å². The Labute approximate surface area is 164 Å². The summed E-state index contributed by atoms with van der Waals surface area (Å²) in [6, 6.07) is 14.7. The Morgan fingerprint density at radius 3 is 2.18 bits per heavy atom. The lowest BCUT2D eigenvalue weighted by Crippen LogP contribution is -2.18. The van der Waals surface area contributed by atoms with Gasteiger partial charge in [-0.15, -0.1) is 0 Å². The maximum atomic E-state index is 12.7. The normalized spacial score (nSPS) is 10.4. The smallest absolute Gasteiger partial charge is 0.274 e. The van der Waals surface area contributed by atoms with Crippen LogP contribution in [0.25, 0.3) is 0 Å². The van der Waals surface area contributed by atoms with E-state index >= 15 is 0 Å². The number of nitrogens with zero attached hydrogens (tertiary/aromatic N) is 1. The van der Waals surface area contributed by atoms with E-state index in [0.29, 0.717) is 5.56 Å². The largest absolute Gasteiger partial charge is 0.322 e. The van der Waals surface area contributed by atoms with Crippen LogP contribution >= 0.6 is 0 Å². The maximum Gasteiger partial charge on any atom is 0.274 e. The van der Waals surface area contributed by atoms with Gasteiger partial charge in [0.05, 0.1) is 0 Å². The first-order valence-corrected chi connectivity index (χ1v) is 9.07. The van der Waals surface area contributed by atoms with Gasteiger partial charge in [0.2, 0.25) is 0 Å². The maximum absolute atomic E-state index is 12.7. The minimum atomic E-state index is -0.353. The van der Waals surface area contributed by atoms with E-state index in [2.05, 4.69) is 15.6 Å². The summed E-state index contributed by atoms with van der Waals surface area (Å²) in [6.07, 6.45) is 1.47. The zero-order valence-electron chi connectivity index (χ0n) is 16.5. The quantitative estimate of drug-likeness (QED) is 0.689. The van der Waals surface area contributed by atoms with E-state index in [1.54, 1.807) is 6.07 Å². The number of amides is 2. The lowest BCUT2D eigenvalue weighted by Gasteiger charge is -2.12. The van der Waals surface area contributed by atoms with E-state index in [4.69, 9.17) is 0 Å². The molecule has 0 saturated heterocycles. The Kier molecular flexibility index (Phi) is 5.54. The fourth-order valence-corrected chi connectivity index (χ4v) is 3.03. The van der Waals surface area contributed by atoms with Gasteiger partial charge < -0.3 is 10.6 Å². The van der Waals surface area contributed by atoms with Gasteiger partial charge in [0.15, 0.2) is 0 Å². The molecular weight excluding hydrogens is 350 g/mol. The third-order valence-electron chi connectivity index (χ3n) is 4.60. The molecule has 2 N–H and O–H groups in total. The molecule has 5 heteroatoms. The van der Waals surface area contributed by atoms with Crippen molar-refractivity contribution < 1.29 is 9.59 Å². The van der Waals surface area contributed by atoms with Crippen molar-refractivity contribution in [2.75, 3.05) is 10.6 Å². The van der Waals surface area contributed by atoms with Crippen molar-refractivity contribution in [3.05, 3.63) is 88.2 Å². The Morgan fingerprint density at radius 2 is 1.50 bits per heavy atom. The summed E-state index contributed by atoms with van der Waals surface area (Å²) in [5.41, 5.74) is 6.13. The fraction of sp³-hybridized carbons (Fsp3) is 0.174. The summed E-state index contributed by atoms with van der Waals surface area (Å²) in [7, 11) is 0. The van der Waals surface area contributed by atoms with Crippen LogP contribution in [0, 0.1) is 27.7 Å². The first-order valence-electron chi connectivity index (χ1n) is 9.07. The zero-order chi connectivity index (χ0) is 20.3. The van der Waals surface area contributed by atoms with Gasteiger partial charge in [0, 0.05) is 23.1 Å². The van der Waals surface area contributed by atoms with Crippen LogP contribution < -0.4 is 10.6 Å². The fourth-order valence-electron chi connectivity index (χ4n) is 3.03. The highest BCUT2D eigenvalue weighted by Crippen LogP contribution is 2.21. The van der Waals surface area contributed by atoms with Gasteiger partial charge in [0.25, 0.3) is 11.8 Å². The lowest BCUT2D eigenvalue weighted by atomic mass is 10.1. The summed E-state index contributed by atoms with van der Waals surface area (Å²) in [6.45, 7) is 7.82. The molecule has 0 bridgehead atoms. The van der Waals surface area contributed by atoms with Gasteiger partial charge >= 0.3 is 0 Å². The molecule has 1 aromatic heterocycles. The molecule has 1 heterocycles. The van der Waals surface area contributed by atoms with Gasteiger partial charge in [-0.1, -0.05) is 35.9 Å². The Hall–Kier alpha value is -3.47. The van der Waals surface area contributed by atoms with Crippen molar-refractivity contribution >= 4 is 23.2 Å². The molecule has 3 rings (SSSR count). The average Bonchev–Trinajstić information content (AvgIpc) is 2.67. The third-order valence-corrected chi connectivity index (χ3v) is 4.60. The molecule has 0 spiro atoms. The van der Waals surface area contributed by atoms with Crippen molar-refractivity contribution in [3.63, 3.8) is 0 Å². The van der Waals surface area contributed by atoms with Crippen LogP contribution in [0.5, 0.6) is 0 Å². The molecule has 2 amide bonds. The number of rotatable bonds is 4. The molecule has 0 fully saturated rings. The first-order chi connectivity index (χ1) is 13.3. The molecule has 3 aromatic rings. The van der Waals surface area contributed by atoms with Crippen molar-refractivity contribution in [1.82, 2.24) is 4.98 Å².